The van der Waals surface area contributed by atoms with Crippen LogP contribution in [0.5, 0.6) is 0 Å². The highest BCUT2D eigenvalue weighted by molar-refractivity contribution is 6.31. The number of carbonyl (C=O) groups is 1. The van der Waals surface area contributed by atoms with Gasteiger partial charge in [0.2, 0.25) is 11.8 Å². The summed E-state index contributed by atoms with van der Waals surface area (Å²) in [5, 5.41) is 4.40. The number of morpholine rings is 1. The van der Waals surface area contributed by atoms with E-state index in [1.807, 2.05) is 24.3 Å². The minimum absolute atomic E-state index is 0.0406. The van der Waals surface area contributed by atoms with Gasteiger partial charge in [0.05, 0.1) is 19.6 Å². The minimum atomic E-state index is -0.210. The van der Waals surface area contributed by atoms with Crippen molar-refractivity contribution in [1.82, 2.24) is 15.0 Å². The number of carbonyl (C=O) groups excluding carboxylic acids is 1. The molecule has 3 rings (SSSR count). The molecule has 1 unspecified atom stereocenters. The van der Waals surface area contributed by atoms with Crippen LogP contribution in [0.4, 0.5) is 0 Å². The van der Waals surface area contributed by atoms with Crippen LogP contribution in [0.15, 0.2) is 28.8 Å². The van der Waals surface area contributed by atoms with Crippen LogP contribution in [0.1, 0.15) is 23.4 Å². The van der Waals surface area contributed by atoms with Crippen LogP contribution in [-0.4, -0.2) is 40.6 Å². The first-order chi connectivity index (χ1) is 10.6. The lowest BCUT2D eigenvalue weighted by Gasteiger charge is -2.33. The number of hydrogen-bond acceptors (Lipinski definition) is 5. The van der Waals surface area contributed by atoms with Gasteiger partial charge in [-0.3, -0.25) is 4.79 Å². The van der Waals surface area contributed by atoms with Crippen molar-refractivity contribution in [2.75, 3.05) is 19.7 Å². The molecule has 0 N–H and O–H groups in total. The van der Waals surface area contributed by atoms with E-state index in [2.05, 4.69) is 10.1 Å². The van der Waals surface area contributed by atoms with E-state index in [9.17, 15) is 4.79 Å². The van der Waals surface area contributed by atoms with Gasteiger partial charge in [-0.05, 0) is 6.07 Å². The summed E-state index contributed by atoms with van der Waals surface area (Å²) in [6.45, 7) is 3.20. The third-order valence-corrected chi connectivity index (χ3v) is 3.89. The third-order valence-electron chi connectivity index (χ3n) is 3.55. The molecule has 1 aliphatic rings. The predicted molar refractivity (Wildman–Crippen MR) is 79.5 cm³/mol. The van der Waals surface area contributed by atoms with E-state index in [4.69, 9.17) is 20.9 Å². The van der Waals surface area contributed by atoms with Crippen molar-refractivity contribution in [2.24, 2.45) is 0 Å². The van der Waals surface area contributed by atoms with Gasteiger partial charge in [0, 0.05) is 24.1 Å². The lowest BCUT2D eigenvalue weighted by Crippen LogP contribution is -2.43. The van der Waals surface area contributed by atoms with Crippen LogP contribution < -0.4 is 0 Å². The summed E-state index contributed by atoms with van der Waals surface area (Å²) in [4.78, 5) is 18.2. The molecular weight excluding hydrogens is 306 g/mol. The van der Waals surface area contributed by atoms with Gasteiger partial charge in [0.15, 0.2) is 5.82 Å². The molecule has 7 heteroatoms. The number of hydrogen-bond donors (Lipinski definition) is 0. The van der Waals surface area contributed by atoms with E-state index in [1.54, 1.807) is 11.8 Å². The molecule has 6 nitrogen and oxygen atoms in total. The lowest BCUT2D eigenvalue weighted by atomic mass is 10.1. The van der Waals surface area contributed by atoms with E-state index >= 15 is 0 Å². The van der Waals surface area contributed by atoms with Gasteiger partial charge in [0.1, 0.15) is 6.10 Å². The number of aromatic nitrogens is 2. The molecule has 0 radical (unpaired) electrons. The van der Waals surface area contributed by atoms with Crippen LogP contribution in [-0.2, 0) is 16.0 Å². The summed E-state index contributed by atoms with van der Waals surface area (Å²) in [5.74, 6) is 0.822. The van der Waals surface area contributed by atoms with E-state index in [1.165, 1.54) is 0 Å². The smallest absolute Gasteiger partial charge is 0.230 e. The summed E-state index contributed by atoms with van der Waals surface area (Å²) in [6.07, 6.45) is -0.0783. The van der Waals surface area contributed by atoms with Crippen molar-refractivity contribution in [3.8, 4) is 0 Å². The van der Waals surface area contributed by atoms with E-state index in [-0.39, 0.29) is 18.4 Å². The Morgan fingerprint density at radius 1 is 1.45 bits per heavy atom. The zero-order valence-electron chi connectivity index (χ0n) is 12.2. The Kier molecular flexibility index (Phi) is 4.40. The molecule has 2 aromatic rings. The van der Waals surface area contributed by atoms with Gasteiger partial charge in [0.25, 0.3) is 0 Å². The van der Waals surface area contributed by atoms with Crippen molar-refractivity contribution < 1.29 is 14.1 Å². The molecule has 1 saturated heterocycles. The third kappa shape index (κ3) is 3.28. The van der Waals surface area contributed by atoms with Gasteiger partial charge >= 0.3 is 0 Å². The summed E-state index contributed by atoms with van der Waals surface area (Å²) in [7, 11) is 0. The molecule has 1 aromatic heterocycles. The molecule has 2 heterocycles. The monoisotopic (exact) mass is 321 g/mol. The number of nitrogens with zero attached hydrogens (tertiary/aromatic N) is 3. The molecule has 0 spiro atoms. The van der Waals surface area contributed by atoms with Crippen LogP contribution >= 0.6 is 11.6 Å². The maximum atomic E-state index is 12.4. The van der Waals surface area contributed by atoms with Crippen LogP contribution in [0, 0.1) is 6.92 Å². The van der Waals surface area contributed by atoms with Crippen LogP contribution in [0.25, 0.3) is 0 Å². The quantitative estimate of drug-likeness (QED) is 0.866. The van der Waals surface area contributed by atoms with Crippen LogP contribution in [0.2, 0.25) is 5.02 Å². The standard InChI is InChI=1S/C15H16ClN3O3/c1-10-17-14(18-22-10)8-15(20)19-6-7-21-13(9-19)11-4-2-3-5-12(11)16/h2-5,13H,6-9H2,1H3. The maximum Gasteiger partial charge on any atom is 0.230 e. The first-order valence-corrected chi connectivity index (χ1v) is 7.44. The van der Waals surface area contributed by atoms with Gasteiger partial charge in [-0.15, -0.1) is 0 Å². The number of ether oxygens (including phenoxy) is 1. The van der Waals surface area contributed by atoms with Crippen molar-refractivity contribution in [1.29, 1.82) is 0 Å². The fraction of sp³-hybridized carbons (Fsp3) is 0.400. The highest BCUT2D eigenvalue weighted by Gasteiger charge is 2.27. The molecule has 0 bridgehead atoms. The molecule has 1 fully saturated rings. The summed E-state index contributed by atoms with van der Waals surface area (Å²) < 4.78 is 10.6. The van der Waals surface area contributed by atoms with E-state index in [0.29, 0.717) is 36.4 Å². The molecule has 116 valence electrons. The highest BCUT2D eigenvalue weighted by Crippen LogP contribution is 2.28. The Morgan fingerprint density at radius 2 is 2.27 bits per heavy atom. The van der Waals surface area contributed by atoms with Gasteiger partial charge < -0.3 is 14.2 Å². The fourth-order valence-electron chi connectivity index (χ4n) is 2.46. The van der Waals surface area contributed by atoms with Gasteiger partial charge in [-0.1, -0.05) is 35.0 Å². The number of halogens is 1. The predicted octanol–water partition coefficient (Wildman–Crippen LogP) is 2.17. The maximum absolute atomic E-state index is 12.4. The first kappa shape index (κ1) is 15.0. The highest BCUT2D eigenvalue weighted by atomic mass is 35.5. The second-order valence-electron chi connectivity index (χ2n) is 5.13. The summed E-state index contributed by atoms with van der Waals surface area (Å²) in [5.41, 5.74) is 0.900. The largest absolute Gasteiger partial charge is 0.370 e. The zero-order valence-corrected chi connectivity index (χ0v) is 12.9. The number of aryl methyl sites for hydroxylation is 1. The van der Waals surface area contributed by atoms with Gasteiger partial charge in [-0.2, -0.15) is 4.98 Å². The summed E-state index contributed by atoms with van der Waals surface area (Å²) in [6, 6.07) is 7.52. The molecule has 1 aromatic carbocycles. The van der Waals surface area contributed by atoms with E-state index < -0.39 is 0 Å². The van der Waals surface area contributed by atoms with Crippen molar-refractivity contribution in [3.05, 3.63) is 46.6 Å². The van der Waals surface area contributed by atoms with Gasteiger partial charge in [-0.25, -0.2) is 0 Å². The SMILES string of the molecule is Cc1nc(CC(=O)N2CCOC(c3ccccc3Cl)C2)no1. The van der Waals surface area contributed by atoms with E-state index in [0.717, 1.165) is 5.56 Å². The number of amides is 1. The first-order valence-electron chi connectivity index (χ1n) is 7.06. The van der Waals surface area contributed by atoms with Crippen LogP contribution in [0.3, 0.4) is 0 Å². The molecule has 0 saturated carbocycles. The number of benzene rings is 1. The number of rotatable bonds is 3. The Balaban J connectivity index is 1.67. The molecule has 1 amide bonds. The Hall–Kier alpha value is -1.92. The van der Waals surface area contributed by atoms with Crippen molar-refractivity contribution >= 4 is 17.5 Å². The normalized spacial score (nSPS) is 18.5. The molecule has 0 aliphatic carbocycles. The average Bonchev–Trinajstić information content (AvgIpc) is 2.93. The fourth-order valence-corrected chi connectivity index (χ4v) is 2.72. The second-order valence-corrected chi connectivity index (χ2v) is 5.53. The second kappa shape index (κ2) is 6.46. The lowest BCUT2D eigenvalue weighted by molar-refractivity contribution is -0.138. The zero-order chi connectivity index (χ0) is 15.5. The molecule has 1 aliphatic heterocycles. The Morgan fingerprint density at radius 3 is 3.00 bits per heavy atom. The Labute approximate surface area is 133 Å². The molecule has 1 atom stereocenters. The Bertz CT molecular complexity index is 674. The average molecular weight is 322 g/mol. The van der Waals surface area contributed by atoms with Crippen molar-refractivity contribution in [3.63, 3.8) is 0 Å². The summed E-state index contributed by atoms with van der Waals surface area (Å²) >= 11 is 6.20. The molecule has 22 heavy (non-hydrogen) atoms. The van der Waals surface area contributed by atoms with Crippen molar-refractivity contribution in [2.45, 2.75) is 19.4 Å². The topological polar surface area (TPSA) is 68.5 Å². The molecular formula is C15H16ClN3O3. The minimum Gasteiger partial charge on any atom is -0.370 e.